The second-order valence-electron chi connectivity index (χ2n) is 4.11. The Morgan fingerprint density at radius 1 is 1.52 bits per heavy atom. The number of halogens is 2. The molecule has 0 aliphatic rings. The smallest absolute Gasteiger partial charge is 0.325 e. The van der Waals surface area contributed by atoms with Gasteiger partial charge in [-0.3, -0.25) is 9.59 Å². The van der Waals surface area contributed by atoms with E-state index in [0.29, 0.717) is 9.63 Å². The van der Waals surface area contributed by atoms with Crippen LogP contribution in [-0.4, -0.2) is 37.8 Å². The highest BCUT2D eigenvalue weighted by atomic mass is 79.9. The monoisotopic (exact) mass is 372 g/mol. The minimum atomic E-state index is -1.13. The lowest BCUT2D eigenvalue weighted by Gasteiger charge is -2.11. The number of carboxylic acid groups (broad SMARTS) is 1. The van der Waals surface area contributed by atoms with Crippen molar-refractivity contribution in [2.75, 3.05) is 0 Å². The average Bonchev–Trinajstić information content (AvgIpc) is 2.81. The quantitative estimate of drug-likeness (QED) is 0.853. The lowest BCUT2D eigenvalue weighted by Crippen LogP contribution is -2.39. The summed E-state index contributed by atoms with van der Waals surface area (Å²) in [7, 11) is 0. The summed E-state index contributed by atoms with van der Waals surface area (Å²) in [5, 5.41) is 15.6. The van der Waals surface area contributed by atoms with Gasteiger partial charge in [-0.2, -0.15) is 5.10 Å². The average molecular weight is 374 g/mol. The van der Waals surface area contributed by atoms with E-state index in [4.69, 9.17) is 16.7 Å². The number of pyridine rings is 1. The van der Waals surface area contributed by atoms with Gasteiger partial charge in [-0.15, -0.1) is 0 Å². The Morgan fingerprint density at radius 3 is 2.86 bits per heavy atom. The van der Waals surface area contributed by atoms with Crippen LogP contribution >= 0.6 is 27.5 Å². The molecule has 0 spiro atoms. The zero-order valence-electron chi connectivity index (χ0n) is 10.7. The number of nitrogens with zero attached hydrogens (tertiary/aromatic N) is 3. The zero-order valence-corrected chi connectivity index (χ0v) is 13.1. The van der Waals surface area contributed by atoms with Gasteiger partial charge < -0.3 is 10.4 Å². The third-order valence-electron chi connectivity index (χ3n) is 2.57. The van der Waals surface area contributed by atoms with Gasteiger partial charge in [-0.25, -0.2) is 9.67 Å². The van der Waals surface area contributed by atoms with E-state index < -0.39 is 17.9 Å². The Bertz CT molecular complexity index is 704. The summed E-state index contributed by atoms with van der Waals surface area (Å²) in [5.74, 6) is -1.45. The first-order chi connectivity index (χ1) is 9.90. The molecule has 0 aromatic carbocycles. The molecule has 0 fully saturated rings. The standard InChI is InChI=1S/C12H10BrClN4O3/c1-6(12(20)21)16-11(19)8-5-9(13)17-18(8)10-7(14)3-2-4-15-10/h2-6H,1H3,(H,16,19)(H,20,21)/t6-/m1/s1. The third kappa shape index (κ3) is 3.40. The van der Waals surface area contributed by atoms with Crippen molar-refractivity contribution in [2.45, 2.75) is 13.0 Å². The molecule has 9 heteroatoms. The van der Waals surface area contributed by atoms with E-state index in [1.807, 2.05) is 0 Å². The molecular formula is C12H10BrClN4O3. The first kappa shape index (κ1) is 15.5. The number of rotatable bonds is 4. The van der Waals surface area contributed by atoms with Crippen LogP contribution in [0.2, 0.25) is 5.02 Å². The van der Waals surface area contributed by atoms with E-state index in [9.17, 15) is 9.59 Å². The predicted molar refractivity (Wildman–Crippen MR) is 78.6 cm³/mol. The molecule has 1 amide bonds. The Hall–Kier alpha value is -1.93. The number of carbonyl (C=O) groups excluding carboxylic acids is 1. The number of nitrogens with one attached hydrogen (secondary N) is 1. The van der Waals surface area contributed by atoms with E-state index in [-0.39, 0.29) is 11.5 Å². The van der Waals surface area contributed by atoms with Gasteiger partial charge >= 0.3 is 5.97 Å². The fourth-order valence-electron chi connectivity index (χ4n) is 1.54. The first-order valence-electron chi connectivity index (χ1n) is 5.80. The molecule has 2 aromatic heterocycles. The maximum absolute atomic E-state index is 12.2. The van der Waals surface area contributed by atoms with E-state index >= 15 is 0 Å². The molecule has 0 saturated carbocycles. The van der Waals surface area contributed by atoms with E-state index in [0.717, 1.165) is 0 Å². The Labute approximate surface area is 133 Å². The fraction of sp³-hybridized carbons (Fsp3) is 0.167. The van der Waals surface area contributed by atoms with Crippen molar-refractivity contribution in [3.8, 4) is 5.82 Å². The lowest BCUT2D eigenvalue weighted by atomic mass is 10.3. The number of carbonyl (C=O) groups is 2. The molecule has 0 bridgehead atoms. The van der Waals surface area contributed by atoms with Crippen LogP contribution in [0, 0.1) is 0 Å². The van der Waals surface area contributed by atoms with Gasteiger partial charge in [0.15, 0.2) is 5.82 Å². The summed E-state index contributed by atoms with van der Waals surface area (Å²) in [6.45, 7) is 1.36. The maximum Gasteiger partial charge on any atom is 0.325 e. The number of hydrogen-bond acceptors (Lipinski definition) is 4. The van der Waals surface area contributed by atoms with Crippen LogP contribution in [0.3, 0.4) is 0 Å². The molecule has 2 rings (SSSR count). The SMILES string of the molecule is C[C@@H](NC(=O)c1cc(Br)nn1-c1ncccc1Cl)C(=O)O. The van der Waals surface area contributed by atoms with E-state index in [1.165, 1.54) is 23.9 Å². The summed E-state index contributed by atoms with van der Waals surface area (Å²) >= 11 is 9.21. The molecule has 110 valence electrons. The molecule has 2 N–H and O–H groups in total. The first-order valence-corrected chi connectivity index (χ1v) is 6.97. The van der Waals surface area contributed by atoms with Gasteiger partial charge in [0.25, 0.3) is 5.91 Å². The zero-order chi connectivity index (χ0) is 15.6. The molecule has 0 aliphatic heterocycles. The van der Waals surface area contributed by atoms with E-state index in [2.05, 4.69) is 31.3 Å². The molecular weight excluding hydrogens is 364 g/mol. The molecule has 0 unspecified atom stereocenters. The fourth-order valence-corrected chi connectivity index (χ4v) is 2.12. The topological polar surface area (TPSA) is 97.1 Å². The van der Waals surface area contributed by atoms with Crippen molar-refractivity contribution in [2.24, 2.45) is 0 Å². The van der Waals surface area contributed by atoms with Crippen LogP contribution in [0.25, 0.3) is 5.82 Å². The van der Waals surface area contributed by atoms with Crippen LogP contribution in [-0.2, 0) is 4.79 Å². The molecule has 0 saturated heterocycles. The Balaban J connectivity index is 2.40. The number of aliphatic carboxylic acids is 1. The van der Waals surface area contributed by atoms with Crippen LogP contribution < -0.4 is 5.32 Å². The van der Waals surface area contributed by atoms with Gasteiger partial charge in [0.05, 0.1) is 5.02 Å². The summed E-state index contributed by atoms with van der Waals surface area (Å²) in [5.41, 5.74) is 0.121. The van der Waals surface area contributed by atoms with Crippen LogP contribution in [0.15, 0.2) is 29.0 Å². The van der Waals surface area contributed by atoms with Crippen molar-refractivity contribution in [3.63, 3.8) is 0 Å². The van der Waals surface area contributed by atoms with Gasteiger partial charge in [0.2, 0.25) is 0 Å². The number of carboxylic acids is 1. The summed E-state index contributed by atoms with van der Waals surface area (Å²) in [4.78, 5) is 27.0. The second kappa shape index (κ2) is 6.23. The molecule has 7 nitrogen and oxygen atoms in total. The van der Waals surface area contributed by atoms with Crippen molar-refractivity contribution in [1.82, 2.24) is 20.1 Å². The maximum atomic E-state index is 12.2. The summed E-state index contributed by atoms with van der Waals surface area (Å²) in [6, 6.07) is 3.69. The Kier molecular flexibility index (Phi) is 4.59. The predicted octanol–water partition coefficient (Wildman–Crippen LogP) is 1.89. The number of hydrogen-bond donors (Lipinski definition) is 2. The van der Waals surface area contributed by atoms with Crippen LogP contribution in [0.4, 0.5) is 0 Å². The van der Waals surface area contributed by atoms with Crippen LogP contribution in [0.1, 0.15) is 17.4 Å². The summed E-state index contributed by atoms with van der Waals surface area (Å²) in [6.07, 6.45) is 1.51. The highest BCUT2D eigenvalue weighted by molar-refractivity contribution is 9.10. The van der Waals surface area contributed by atoms with Crippen LogP contribution in [0.5, 0.6) is 0 Å². The molecule has 0 aliphatic carbocycles. The lowest BCUT2D eigenvalue weighted by molar-refractivity contribution is -0.138. The molecule has 1 atom stereocenters. The van der Waals surface area contributed by atoms with Crippen molar-refractivity contribution in [3.05, 3.63) is 39.7 Å². The van der Waals surface area contributed by atoms with Crippen molar-refractivity contribution in [1.29, 1.82) is 0 Å². The molecule has 2 heterocycles. The van der Waals surface area contributed by atoms with Gasteiger partial charge in [-0.05, 0) is 35.0 Å². The van der Waals surface area contributed by atoms with Gasteiger partial charge in [0, 0.05) is 12.3 Å². The number of aromatic nitrogens is 3. The van der Waals surface area contributed by atoms with Crippen molar-refractivity contribution < 1.29 is 14.7 Å². The molecule has 21 heavy (non-hydrogen) atoms. The summed E-state index contributed by atoms with van der Waals surface area (Å²) < 4.78 is 1.65. The normalized spacial score (nSPS) is 12.0. The van der Waals surface area contributed by atoms with Crippen molar-refractivity contribution >= 4 is 39.4 Å². The minimum Gasteiger partial charge on any atom is -0.480 e. The van der Waals surface area contributed by atoms with E-state index in [1.54, 1.807) is 12.1 Å². The number of amides is 1. The third-order valence-corrected chi connectivity index (χ3v) is 3.25. The minimum absolute atomic E-state index is 0.121. The second-order valence-corrected chi connectivity index (χ2v) is 5.33. The highest BCUT2D eigenvalue weighted by Crippen LogP contribution is 2.21. The highest BCUT2D eigenvalue weighted by Gasteiger charge is 2.21. The molecule has 2 aromatic rings. The van der Waals surface area contributed by atoms with Gasteiger partial charge in [0.1, 0.15) is 16.3 Å². The Morgan fingerprint density at radius 2 is 2.24 bits per heavy atom. The largest absolute Gasteiger partial charge is 0.480 e. The van der Waals surface area contributed by atoms with Gasteiger partial charge in [-0.1, -0.05) is 11.6 Å². The molecule has 0 radical (unpaired) electrons.